The van der Waals surface area contributed by atoms with Crippen LogP contribution in [0.5, 0.6) is 0 Å². The average molecular weight is 264 g/mol. The molecule has 4 nitrogen and oxygen atoms in total. The maximum Gasteiger partial charge on any atom is 0.148 e. The van der Waals surface area contributed by atoms with E-state index in [1.807, 2.05) is 31.2 Å². The Morgan fingerprint density at radius 3 is 2.80 bits per heavy atom. The van der Waals surface area contributed by atoms with Crippen LogP contribution in [-0.4, -0.2) is 9.97 Å². The number of hydrogen-bond acceptors (Lipinski definition) is 4. The zero-order chi connectivity index (χ0) is 13.9. The average Bonchev–Trinajstić information content (AvgIpc) is 2.40. The van der Waals surface area contributed by atoms with E-state index in [4.69, 9.17) is 0 Å². The second-order valence-corrected chi connectivity index (χ2v) is 5.13. The van der Waals surface area contributed by atoms with Gasteiger partial charge in [0.1, 0.15) is 11.9 Å². The minimum atomic E-state index is 0.554. The van der Waals surface area contributed by atoms with Crippen LogP contribution in [0, 0.1) is 18.3 Å². The van der Waals surface area contributed by atoms with Gasteiger partial charge in [-0.1, -0.05) is 6.42 Å². The molecule has 2 aromatic rings. The molecule has 20 heavy (non-hydrogen) atoms. The van der Waals surface area contributed by atoms with Crippen molar-refractivity contribution >= 4 is 11.5 Å². The Kier molecular flexibility index (Phi) is 3.34. The number of pyridine rings is 2. The minimum absolute atomic E-state index is 0.554. The molecular formula is C16H16N4. The molecule has 2 aromatic heterocycles. The van der Waals surface area contributed by atoms with Gasteiger partial charge in [-0.2, -0.15) is 5.26 Å². The molecule has 4 heteroatoms. The summed E-state index contributed by atoms with van der Waals surface area (Å²) in [6.07, 6.45) is 5.43. The fraction of sp³-hybridized carbons (Fsp3) is 0.312. The van der Waals surface area contributed by atoms with Gasteiger partial charge in [-0.25, -0.2) is 4.98 Å². The van der Waals surface area contributed by atoms with Gasteiger partial charge in [0.25, 0.3) is 0 Å². The molecule has 0 unspecified atom stereocenters. The van der Waals surface area contributed by atoms with Crippen molar-refractivity contribution in [1.82, 2.24) is 9.97 Å². The Morgan fingerprint density at radius 1 is 1.30 bits per heavy atom. The number of nitriles is 1. The second kappa shape index (κ2) is 5.30. The molecule has 0 aliphatic heterocycles. The topological polar surface area (TPSA) is 61.6 Å². The van der Waals surface area contributed by atoms with Crippen LogP contribution in [0.25, 0.3) is 0 Å². The third kappa shape index (κ3) is 2.35. The number of aryl methyl sites for hydroxylation is 1. The molecule has 1 fully saturated rings. The lowest BCUT2D eigenvalue weighted by Gasteiger charge is -2.25. The first-order valence-corrected chi connectivity index (χ1v) is 6.87. The highest BCUT2D eigenvalue weighted by molar-refractivity contribution is 5.64. The summed E-state index contributed by atoms with van der Waals surface area (Å²) in [5.74, 6) is 1.19. The smallest absolute Gasteiger partial charge is 0.148 e. The van der Waals surface area contributed by atoms with Crippen LogP contribution in [0.2, 0.25) is 0 Å². The lowest BCUT2D eigenvalue weighted by atomic mass is 9.82. The number of hydrogen-bond donors (Lipinski definition) is 1. The lowest BCUT2D eigenvalue weighted by molar-refractivity contribution is 0.411. The molecule has 0 radical (unpaired) electrons. The van der Waals surface area contributed by atoms with Crippen molar-refractivity contribution in [2.24, 2.45) is 0 Å². The molecule has 1 aliphatic rings. The monoisotopic (exact) mass is 264 g/mol. The summed E-state index contributed by atoms with van der Waals surface area (Å²) in [6.45, 7) is 1.93. The summed E-state index contributed by atoms with van der Waals surface area (Å²) >= 11 is 0. The summed E-state index contributed by atoms with van der Waals surface area (Å²) < 4.78 is 0. The van der Waals surface area contributed by atoms with Crippen LogP contribution in [0.15, 0.2) is 30.5 Å². The largest absolute Gasteiger partial charge is 0.338 e. The zero-order valence-corrected chi connectivity index (χ0v) is 11.4. The number of rotatable bonds is 3. The van der Waals surface area contributed by atoms with Crippen molar-refractivity contribution in [3.63, 3.8) is 0 Å². The second-order valence-electron chi connectivity index (χ2n) is 5.13. The Hall–Kier alpha value is -2.41. The summed E-state index contributed by atoms with van der Waals surface area (Å²) in [7, 11) is 0. The van der Waals surface area contributed by atoms with Crippen molar-refractivity contribution in [3.05, 3.63) is 47.4 Å². The van der Waals surface area contributed by atoms with Crippen LogP contribution in [-0.2, 0) is 0 Å². The molecule has 0 aromatic carbocycles. The van der Waals surface area contributed by atoms with Crippen LogP contribution in [0.4, 0.5) is 11.5 Å². The SMILES string of the molecule is Cc1ncccc1Nc1nc(C2CCC2)ccc1C#N. The third-order valence-electron chi connectivity index (χ3n) is 3.82. The van der Waals surface area contributed by atoms with E-state index in [0.29, 0.717) is 17.3 Å². The first-order chi connectivity index (χ1) is 9.78. The van der Waals surface area contributed by atoms with Crippen molar-refractivity contribution in [3.8, 4) is 6.07 Å². The Labute approximate surface area is 118 Å². The highest BCUT2D eigenvalue weighted by Gasteiger charge is 2.21. The van der Waals surface area contributed by atoms with Gasteiger partial charge < -0.3 is 5.32 Å². The molecule has 1 saturated carbocycles. The molecule has 0 bridgehead atoms. The number of nitrogens with one attached hydrogen (secondary N) is 1. The van der Waals surface area contributed by atoms with Gasteiger partial charge in [0.15, 0.2) is 0 Å². The standard InChI is InChI=1S/C16H16N4/c1-11-14(6-3-9-18-11)19-16-13(10-17)7-8-15(20-16)12-4-2-5-12/h3,6-9,12H,2,4-5H2,1H3,(H,19,20). The minimum Gasteiger partial charge on any atom is -0.338 e. The van der Waals surface area contributed by atoms with E-state index in [0.717, 1.165) is 17.1 Å². The molecule has 0 saturated heterocycles. The van der Waals surface area contributed by atoms with Gasteiger partial charge in [0.05, 0.1) is 16.9 Å². The van der Waals surface area contributed by atoms with E-state index >= 15 is 0 Å². The highest BCUT2D eigenvalue weighted by Crippen LogP contribution is 2.36. The normalized spacial score (nSPS) is 14.4. The van der Waals surface area contributed by atoms with E-state index in [2.05, 4.69) is 21.4 Å². The van der Waals surface area contributed by atoms with Crippen molar-refractivity contribution in [1.29, 1.82) is 5.26 Å². The van der Waals surface area contributed by atoms with E-state index in [-0.39, 0.29) is 0 Å². The van der Waals surface area contributed by atoms with Crippen LogP contribution in [0.1, 0.15) is 42.1 Å². The summed E-state index contributed by atoms with van der Waals surface area (Å²) in [4.78, 5) is 8.88. The van der Waals surface area contributed by atoms with Crippen molar-refractivity contribution in [2.75, 3.05) is 5.32 Å². The molecular weight excluding hydrogens is 248 g/mol. The maximum atomic E-state index is 9.22. The van der Waals surface area contributed by atoms with Crippen LogP contribution < -0.4 is 5.32 Å². The van der Waals surface area contributed by atoms with Gasteiger partial charge in [0.2, 0.25) is 0 Å². The van der Waals surface area contributed by atoms with Gasteiger partial charge in [0, 0.05) is 17.8 Å². The fourth-order valence-corrected chi connectivity index (χ4v) is 2.34. The van der Waals surface area contributed by atoms with Crippen molar-refractivity contribution < 1.29 is 0 Å². The maximum absolute atomic E-state index is 9.22. The Morgan fingerprint density at radius 2 is 2.15 bits per heavy atom. The molecule has 2 heterocycles. The van der Waals surface area contributed by atoms with Gasteiger partial charge >= 0.3 is 0 Å². The highest BCUT2D eigenvalue weighted by atomic mass is 15.0. The molecule has 1 N–H and O–H groups in total. The summed E-state index contributed by atoms with van der Waals surface area (Å²) in [5, 5.41) is 12.5. The molecule has 100 valence electrons. The predicted octanol–water partition coefficient (Wildman–Crippen LogP) is 3.67. The van der Waals surface area contributed by atoms with E-state index in [1.54, 1.807) is 6.20 Å². The first-order valence-electron chi connectivity index (χ1n) is 6.87. The predicted molar refractivity (Wildman–Crippen MR) is 77.8 cm³/mol. The number of anilines is 2. The first kappa shape index (κ1) is 12.6. The van der Waals surface area contributed by atoms with Crippen molar-refractivity contribution in [2.45, 2.75) is 32.1 Å². The van der Waals surface area contributed by atoms with E-state index in [1.165, 1.54) is 19.3 Å². The van der Waals surface area contributed by atoms with E-state index < -0.39 is 0 Å². The molecule has 3 rings (SSSR count). The zero-order valence-electron chi connectivity index (χ0n) is 11.4. The number of aromatic nitrogens is 2. The summed E-state index contributed by atoms with van der Waals surface area (Å²) in [6, 6.07) is 9.84. The number of nitrogens with zero attached hydrogens (tertiary/aromatic N) is 3. The lowest BCUT2D eigenvalue weighted by Crippen LogP contribution is -2.12. The molecule has 0 amide bonds. The van der Waals surface area contributed by atoms with Crippen LogP contribution in [0.3, 0.4) is 0 Å². The fourth-order valence-electron chi connectivity index (χ4n) is 2.34. The van der Waals surface area contributed by atoms with Crippen LogP contribution >= 0.6 is 0 Å². The third-order valence-corrected chi connectivity index (χ3v) is 3.82. The summed E-state index contributed by atoms with van der Waals surface area (Å²) in [5.41, 5.74) is 3.44. The van der Waals surface area contributed by atoms with Gasteiger partial charge in [-0.05, 0) is 44.0 Å². The van der Waals surface area contributed by atoms with E-state index in [9.17, 15) is 5.26 Å². The molecule has 1 aliphatic carbocycles. The molecule has 0 atom stereocenters. The van der Waals surface area contributed by atoms with Gasteiger partial charge in [-0.15, -0.1) is 0 Å². The molecule has 0 spiro atoms. The quantitative estimate of drug-likeness (QED) is 0.918. The van der Waals surface area contributed by atoms with Gasteiger partial charge in [-0.3, -0.25) is 4.98 Å². The Bertz CT molecular complexity index is 668. The Balaban J connectivity index is 1.94.